The molecule has 1 aliphatic carbocycles. The van der Waals surface area contributed by atoms with E-state index in [9.17, 15) is 4.79 Å². The van der Waals surface area contributed by atoms with E-state index in [0.29, 0.717) is 41.8 Å². The molecule has 3 atom stereocenters. The van der Waals surface area contributed by atoms with Crippen molar-refractivity contribution in [1.29, 1.82) is 0 Å². The highest BCUT2D eigenvalue weighted by Crippen LogP contribution is 2.55. The highest BCUT2D eigenvalue weighted by molar-refractivity contribution is 5.79. The highest BCUT2D eigenvalue weighted by Gasteiger charge is 2.49. The van der Waals surface area contributed by atoms with Gasteiger partial charge in [0.15, 0.2) is 23.0 Å². The number of cyclic esters (lactones) is 1. The van der Waals surface area contributed by atoms with E-state index in [4.69, 9.17) is 28.4 Å². The summed E-state index contributed by atoms with van der Waals surface area (Å²) in [5.74, 6) is 2.26. The van der Waals surface area contributed by atoms with Crippen LogP contribution in [0.2, 0.25) is 0 Å². The zero-order valence-electron chi connectivity index (χ0n) is 18.7. The number of carbonyl (C=O) groups is 1. The summed E-state index contributed by atoms with van der Waals surface area (Å²) in [5, 5.41) is 0. The number of aryl methyl sites for hydroxylation is 1. The van der Waals surface area contributed by atoms with E-state index < -0.39 is 0 Å². The fourth-order valence-electron chi connectivity index (χ4n) is 5.11. The standard InChI is InChI=1S/C24H28O7/c1-12-7-13(9-16(26-2)21(12)28-4)18-19-14(8-15-11-31-24(25)20(15)18)10-17(27-3)22(29-5)23(19)30-6/h7,9-10,15,18,20H,8,11H2,1-6H3. The summed E-state index contributed by atoms with van der Waals surface area (Å²) in [7, 11) is 8.01. The van der Waals surface area contributed by atoms with E-state index in [1.165, 1.54) is 0 Å². The Balaban J connectivity index is 2.01. The second kappa shape index (κ2) is 8.21. The minimum atomic E-state index is -0.322. The summed E-state index contributed by atoms with van der Waals surface area (Å²) in [5.41, 5.74) is 3.85. The first-order valence-electron chi connectivity index (χ1n) is 10.2. The molecule has 0 spiro atoms. The molecule has 4 rings (SSSR count). The van der Waals surface area contributed by atoms with Gasteiger partial charge in [-0.15, -0.1) is 0 Å². The van der Waals surface area contributed by atoms with Crippen molar-refractivity contribution in [3.8, 4) is 28.7 Å². The number of ether oxygens (including phenoxy) is 6. The Labute approximate surface area is 182 Å². The second-order valence-corrected chi connectivity index (χ2v) is 7.89. The quantitative estimate of drug-likeness (QED) is 0.652. The number of carbonyl (C=O) groups excluding carboxylic acids is 1. The molecule has 0 saturated carbocycles. The van der Waals surface area contributed by atoms with Crippen molar-refractivity contribution in [2.75, 3.05) is 42.2 Å². The number of rotatable bonds is 6. The summed E-state index contributed by atoms with van der Waals surface area (Å²) in [6.07, 6.45) is 0.700. The number of benzene rings is 2. The SMILES string of the molecule is COc1cc(C2c3c(cc(OC)c(OC)c3OC)CC3COC(=O)C32)cc(C)c1OC. The fourth-order valence-corrected chi connectivity index (χ4v) is 5.11. The molecule has 3 unspecified atom stereocenters. The molecule has 7 heteroatoms. The molecule has 1 heterocycles. The zero-order valence-corrected chi connectivity index (χ0v) is 18.7. The molecule has 7 nitrogen and oxygen atoms in total. The molecular weight excluding hydrogens is 400 g/mol. The highest BCUT2D eigenvalue weighted by atomic mass is 16.5. The topological polar surface area (TPSA) is 72.5 Å². The van der Waals surface area contributed by atoms with Crippen LogP contribution in [-0.2, 0) is 16.0 Å². The van der Waals surface area contributed by atoms with Gasteiger partial charge in [-0.05, 0) is 42.2 Å². The van der Waals surface area contributed by atoms with Crippen molar-refractivity contribution < 1.29 is 33.2 Å². The molecule has 2 aliphatic rings. The number of hydrogen-bond donors (Lipinski definition) is 0. The summed E-state index contributed by atoms with van der Waals surface area (Å²) in [6, 6.07) is 5.96. The molecule has 1 saturated heterocycles. The number of hydrogen-bond acceptors (Lipinski definition) is 7. The lowest BCUT2D eigenvalue weighted by Gasteiger charge is -2.35. The van der Waals surface area contributed by atoms with E-state index >= 15 is 0 Å². The van der Waals surface area contributed by atoms with Crippen molar-refractivity contribution in [2.45, 2.75) is 19.3 Å². The molecule has 0 amide bonds. The van der Waals surface area contributed by atoms with Gasteiger partial charge in [-0.1, -0.05) is 6.07 Å². The van der Waals surface area contributed by atoms with Crippen LogP contribution in [-0.4, -0.2) is 48.1 Å². The molecule has 31 heavy (non-hydrogen) atoms. The zero-order chi connectivity index (χ0) is 22.3. The number of fused-ring (bicyclic) bond motifs is 2. The van der Waals surface area contributed by atoms with Crippen LogP contribution in [0.25, 0.3) is 0 Å². The van der Waals surface area contributed by atoms with Crippen molar-refractivity contribution in [1.82, 2.24) is 0 Å². The van der Waals surface area contributed by atoms with E-state index in [-0.39, 0.29) is 23.7 Å². The first-order valence-corrected chi connectivity index (χ1v) is 10.2. The lowest BCUT2D eigenvalue weighted by atomic mass is 9.67. The molecule has 0 N–H and O–H groups in total. The minimum Gasteiger partial charge on any atom is -0.493 e. The maximum Gasteiger partial charge on any atom is 0.310 e. The van der Waals surface area contributed by atoms with Crippen LogP contribution in [0.15, 0.2) is 18.2 Å². The molecular formula is C24H28O7. The van der Waals surface area contributed by atoms with Crippen molar-refractivity contribution in [3.05, 3.63) is 40.5 Å². The van der Waals surface area contributed by atoms with Gasteiger partial charge in [-0.2, -0.15) is 0 Å². The molecule has 1 fully saturated rings. The van der Waals surface area contributed by atoms with E-state index in [2.05, 4.69) is 0 Å². The number of esters is 1. The molecule has 0 aromatic heterocycles. The lowest BCUT2D eigenvalue weighted by Crippen LogP contribution is -2.32. The van der Waals surface area contributed by atoms with Gasteiger partial charge in [0.1, 0.15) is 0 Å². The summed E-state index contributed by atoms with van der Waals surface area (Å²) in [4.78, 5) is 12.9. The Morgan fingerprint density at radius 1 is 0.839 bits per heavy atom. The Bertz CT molecular complexity index is 1010. The molecule has 166 valence electrons. The molecule has 1 aliphatic heterocycles. The van der Waals surface area contributed by atoms with Crippen molar-refractivity contribution in [3.63, 3.8) is 0 Å². The van der Waals surface area contributed by atoms with E-state index in [0.717, 1.165) is 22.3 Å². The van der Waals surface area contributed by atoms with Crippen LogP contribution in [0.3, 0.4) is 0 Å². The predicted molar refractivity (Wildman–Crippen MR) is 114 cm³/mol. The van der Waals surface area contributed by atoms with Crippen LogP contribution < -0.4 is 23.7 Å². The van der Waals surface area contributed by atoms with Crippen LogP contribution in [0, 0.1) is 18.8 Å². The summed E-state index contributed by atoms with van der Waals surface area (Å²) >= 11 is 0. The number of methoxy groups -OCH3 is 5. The smallest absolute Gasteiger partial charge is 0.310 e. The van der Waals surface area contributed by atoms with Crippen LogP contribution in [0.5, 0.6) is 28.7 Å². The molecule has 2 aromatic carbocycles. The Hall–Kier alpha value is -3.09. The maximum atomic E-state index is 12.9. The second-order valence-electron chi connectivity index (χ2n) is 7.89. The first-order chi connectivity index (χ1) is 15.0. The third-order valence-corrected chi connectivity index (χ3v) is 6.37. The largest absolute Gasteiger partial charge is 0.493 e. The van der Waals surface area contributed by atoms with Gasteiger partial charge in [0.05, 0.1) is 48.1 Å². The average Bonchev–Trinajstić information content (AvgIpc) is 3.15. The van der Waals surface area contributed by atoms with Crippen molar-refractivity contribution >= 4 is 5.97 Å². The van der Waals surface area contributed by atoms with E-state index in [1.807, 2.05) is 25.1 Å². The summed E-state index contributed by atoms with van der Waals surface area (Å²) < 4.78 is 33.7. The Morgan fingerprint density at radius 2 is 1.48 bits per heavy atom. The monoisotopic (exact) mass is 428 g/mol. The fraction of sp³-hybridized carbons (Fsp3) is 0.458. The Kier molecular flexibility index (Phi) is 5.60. The van der Waals surface area contributed by atoms with Gasteiger partial charge in [0.25, 0.3) is 0 Å². The normalized spacial score (nSPS) is 21.6. The van der Waals surface area contributed by atoms with Gasteiger partial charge < -0.3 is 28.4 Å². The molecule has 2 aromatic rings. The maximum absolute atomic E-state index is 12.9. The molecule has 0 radical (unpaired) electrons. The average molecular weight is 428 g/mol. The summed E-state index contributed by atoms with van der Waals surface area (Å²) in [6.45, 7) is 2.37. The van der Waals surface area contributed by atoms with Gasteiger partial charge in [-0.3, -0.25) is 4.79 Å². The third-order valence-electron chi connectivity index (χ3n) is 6.37. The third kappa shape index (κ3) is 3.23. The molecule has 0 bridgehead atoms. The lowest BCUT2D eigenvalue weighted by molar-refractivity contribution is -0.141. The predicted octanol–water partition coefficient (Wildman–Crippen LogP) is 3.52. The van der Waals surface area contributed by atoms with Gasteiger partial charge in [-0.25, -0.2) is 0 Å². The minimum absolute atomic E-state index is 0.0706. The van der Waals surface area contributed by atoms with Gasteiger partial charge >= 0.3 is 5.97 Å². The van der Waals surface area contributed by atoms with E-state index in [1.54, 1.807) is 35.5 Å². The Morgan fingerprint density at radius 3 is 2.10 bits per heavy atom. The van der Waals surface area contributed by atoms with Crippen LogP contribution in [0.1, 0.15) is 28.2 Å². The van der Waals surface area contributed by atoms with Gasteiger partial charge in [0.2, 0.25) is 5.75 Å². The van der Waals surface area contributed by atoms with Crippen LogP contribution >= 0.6 is 0 Å². The first kappa shape index (κ1) is 21.2. The van der Waals surface area contributed by atoms with Crippen molar-refractivity contribution in [2.24, 2.45) is 11.8 Å². The van der Waals surface area contributed by atoms with Gasteiger partial charge in [0, 0.05) is 17.4 Å². The van der Waals surface area contributed by atoms with Crippen LogP contribution in [0.4, 0.5) is 0 Å².